The van der Waals surface area contributed by atoms with Crippen molar-refractivity contribution in [3.8, 4) is 5.75 Å². The molecule has 1 saturated heterocycles. The SMILES string of the molecule is Cc1cc(N2CCCNCC2)nc2ccc(NC(=O)COc3ccc(C(F)(F)F)cc3)cc12. The highest BCUT2D eigenvalue weighted by molar-refractivity contribution is 5.95. The minimum absolute atomic E-state index is 0.188. The number of benzene rings is 2. The van der Waals surface area contributed by atoms with Gasteiger partial charge in [-0.3, -0.25) is 4.79 Å². The van der Waals surface area contributed by atoms with Crippen molar-refractivity contribution in [2.24, 2.45) is 0 Å². The van der Waals surface area contributed by atoms with Gasteiger partial charge in [0.15, 0.2) is 6.61 Å². The summed E-state index contributed by atoms with van der Waals surface area (Å²) in [6.07, 6.45) is -3.34. The fraction of sp³-hybridized carbons (Fsp3) is 0.333. The van der Waals surface area contributed by atoms with Gasteiger partial charge in [-0.15, -0.1) is 0 Å². The molecule has 0 bridgehead atoms. The van der Waals surface area contributed by atoms with Crippen molar-refractivity contribution in [1.82, 2.24) is 10.3 Å². The molecule has 1 aromatic heterocycles. The third kappa shape index (κ3) is 5.73. The number of aromatic nitrogens is 1. The summed E-state index contributed by atoms with van der Waals surface area (Å²) < 4.78 is 43.2. The van der Waals surface area contributed by atoms with Crippen molar-refractivity contribution < 1.29 is 22.7 Å². The first-order chi connectivity index (χ1) is 15.8. The molecule has 33 heavy (non-hydrogen) atoms. The molecule has 1 aliphatic heterocycles. The summed E-state index contributed by atoms with van der Waals surface area (Å²) in [5.74, 6) is 0.729. The van der Waals surface area contributed by atoms with E-state index >= 15 is 0 Å². The molecule has 2 N–H and O–H groups in total. The molecule has 6 nitrogen and oxygen atoms in total. The number of fused-ring (bicyclic) bond motifs is 1. The van der Waals surface area contributed by atoms with E-state index in [1.165, 1.54) is 12.1 Å². The van der Waals surface area contributed by atoms with E-state index in [1.54, 1.807) is 6.07 Å². The fourth-order valence-electron chi connectivity index (χ4n) is 3.78. The van der Waals surface area contributed by atoms with Crippen LogP contribution >= 0.6 is 0 Å². The van der Waals surface area contributed by atoms with E-state index in [2.05, 4.69) is 21.6 Å². The second-order valence-corrected chi connectivity index (χ2v) is 7.98. The maximum absolute atomic E-state index is 12.6. The maximum Gasteiger partial charge on any atom is 0.416 e. The van der Waals surface area contributed by atoms with Gasteiger partial charge in [0.05, 0.1) is 11.1 Å². The van der Waals surface area contributed by atoms with E-state index in [1.807, 2.05) is 19.1 Å². The van der Waals surface area contributed by atoms with Crippen molar-refractivity contribution in [1.29, 1.82) is 0 Å². The van der Waals surface area contributed by atoms with Crippen molar-refractivity contribution in [2.45, 2.75) is 19.5 Å². The van der Waals surface area contributed by atoms with E-state index in [9.17, 15) is 18.0 Å². The van der Waals surface area contributed by atoms with Gasteiger partial charge in [0, 0.05) is 30.7 Å². The highest BCUT2D eigenvalue weighted by atomic mass is 19.4. The molecule has 2 heterocycles. The van der Waals surface area contributed by atoms with Crippen LogP contribution in [0.2, 0.25) is 0 Å². The highest BCUT2D eigenvalue weighted by Gasteiger charge is 2.30. The van der Waals surface area contributed by atoms with E-state index in [4.69, 9.17) is 9.72 Å². The number of carbonyl (C=O) groups excluding carboxylic acids is 1. The van der Waals surface area contributed by atoms with Gasteiger partial charge in [-0.2, -0.15) is 13.2 Å². The molecular weight excluding hydrogens is 433 g/mol. The molecule has 0 radical (unpaired) electrons. The molecule has 1 aliphatic rings. The number of alkyl halides is 3. The molecule has 0 aliphatic carbocycles. The number of pyridine rings is 1. The number of nitrogens with zero attached hydrogens (tertiary/aromatic N) is 2. The van der Waals surface area contributed by atoms with Crippen LogP contribution < -0.4 is 20.3 Å². The number of anilines is 2. The molecule has 1 fully saturated rings. The van der Waals surface area contributed by atoms with Crippen molar-refractivity contribution in [3.63, 3.8) is 0 Å². The van der Waals surface area contributed by atoms with Gasteiger partial charge in [0.2, 0.25) is 0 Å². The third-order valence-electron chi connectivity index (χ3n) is 5.50. The molecule has 3 aromatic rings. The summed E-state index contributed by atoms with van der Waals surface area (Å²) in [5.41, 5.74) is 1.74. The minimum Gasteiger partial charge on any atom is -0.484 e. The second-order valence-electron chi connectivity index (χ2n) is 7.98. The smallest absolute Gasteiger partial charge is 0.416 e. The summed E-state index contributed by atoms with van der Waals surface area (Å²) in [4.78, 5) is 19.4. The summed E-state index contributed by atoms with van der Waals surface area (Å²) >= 11 is 0. The zero-order valence-electron chi connectivity index (χ0n) is 18.2. The summed E-state index contributed by atoms with van der Waals surface area (Å²) in [6, 6.07) is 11.8. The number of aryl methyl sites for hydroxylation is 1. The lowest BCUT2D eigenvalue weighted by Crippen LogP contribution is -2.28. The second kappa shape index (κ2) is 9.66. The molecule has 0 unspecified atom stereocenters. The molecule has 0 atom stereocenters. The largest absolute Gasteiger partial charge is 0.484 e. The Morgan fingerprint density at radius 2 is 1.91 bits per heavy atom. The monoisotopic (exact) mass is 458 g/mol. The average Bonchev–Trinajstić information content (AvgIpc) is 3.07. The summed E-state index contributed by atoms with van der Waals surface area (Å²) in [7, 11) is 0. The Bertz CT molecular complexity index is 1120. The van der Waals surface area contributed by atoms with Crippen LogP contribution in [0.3, 0.4) is 0 Å². The van der Waals surface area contributed by atoms with E-state index in [0.29, 0.717) is 5.69 Å². The van der Waals surface area contributed by atoms with Gasteiger partial charge in [0.1, 0.15) is 11.6 Å². The van der Waals surface area contributed by atoms with Crippen LogP contribution in [-0.4, -0.2) is 43.7 Å². The van der Waals surface area contributed by atoms with Gasteiger partial charge in [0.25, 0.3) is 5.91 Å². The lowest BCUT2D eigenvalue weighted by Gasteiger charge is -2.22. The fourth-order valence-corrected chi connectivity index (χ4v) is 3.78. The Labute approximate surface area is 189 Å². The van der Waals surface area contributed by atoms with Crippen molar-refractivity contribution >= 4 is 28.3 Å². The predicted octanol–water partition coefficient (Wildman–Crippen LogP) is 4.38. The minimum atomic E-state index is -4.41. The van der Waals surface area contributed by atoms with Crippen molar-refractivity contribution in [2.75, 3.05) is 43.0 Å². The van der Waals surface area contributed by atoms with Crippen LogP contribution in [0, 0.1) is 6.92 Å². The summed E-state index contributed by atoms with van der Waals surface area (Å²) in [6.45, 7) is 5.50. The Kier molecular flexibility index (Phi) is 6.69. The first-order valence-electron chi connectivity index (χ1n) is 10.8. The van der Waals surface area contributed by atoms with Crippen LogP contribution in [0.25, 0.3) is 10.9 Å². The molecule has 0 spiro atoms. The molecular formula is C24H25F3N4O2. The zero-order valence-corrected chi connectivity index (χ0v) is 18.2. The maximum atomic E-state index is 12.6. The number of halogens is 3. The zero-order chi connectivity index (χ0) is 23.4. The summed E-state index contributed by atoms with van der Waals surface area (Å²) in [5, 5.41) is 7.09. The normalized spacial score (nSPS) is 14.7. The number of amides is 1. The third-order valence-corrected chi connectivity index (χ3v) is 5.50. The number of nitrogens with one attached hydrogen (secondary N) is 2. The van der Waals surface area contributed by atoms with E-state index in [0.717, 1.165) is 67.0 Å². The van der Waals surface area contributed by atoms with Gasteiger partial charge >= 0.3 is 6.18 Å². The lowest BCUT2D eigenvalue weighted by atomic mass is 10.1. The quantitative estimate of drug-likeness (QED) is 0.594. The Morgan fingerprint density at radius 1 is 1.12 bits per heavy atom. The van der Waals surface area contributed by atoms with Crippen LogP contribution in [0.15, 0.2) is 48.5 Å². The van der Waals surface area contributed by atoms with Gasteiger partial charge in [-0.1, -0.05) is 0 Å². The van der Waals surface area contributed by atoms with E-state index < -0.39 is 17.6 Å². The Hall–Kier alpha value is -3.33. The molecule has 0 saturated carbocycles. The first-order valence-corrected chi connectivity index (χ1v) is 10.8. The highest BCUT2D eigenvalue weighted by Crippen LogP contribution is 2.30. The van der Waals surface area contributed by atoms with Gasteiger partial charge in [-0.25, -0.2) is 4.98 Å². The lowest BCUT2D eigenvalue weighted by molar-refractivity contribution is -0.137. The van der Waals surface area contributed by atoms with Crippen LogP contribution in [0.5, 0.6) is 5.75 Å². The Balaban J connectivity index is 1.40. The number of carbonyl (C=O) groups is 1. The van der Waals surface area contributed by atoms with E-state index in [-0.39, 0.29) is 12.4 Å². The Morgan fingerprint density at radius 3 is 2.67 bits per heavy atom. The van der Waals surface area contributed by atoms with Gasteiger partial charge in [-0.05, 0) is 74.0 Å². The first kappa shape index (κ1) is 22.8. The van der Waals surface area contributed by atoms with Crippen LogP contribution in [-0.2, 0) is 11.0 Å². The number of hydrogen-bond acceptors (Lipinski definition) is 5. The number of ether oxygens (including phenoxy) is 1. The molecule has 174 valence electrons. The average molecular weight is 458 g/mol. The number of hydrogen-bond donors (Lipinski definition) is 2. The molecule has 9 heteroatoms. The molecule has 4 rings (SSSR count). The van der Waals surface area contributed by atoms with Crippen LogP contribution in [0.1, 0.15) is 17.5 Å². The standard InChI is InChI=1S/C24H25F3N4O2/c1-16-13-22(31-11-2-9-28-10-12-31)30-21-8-5-18(14-20(16)21)29-23(32)15-33-19-6-3-17(4-7-19)24(25,26)27/h3-8,13-14,28H,2,9-12,15H2,1H3,(H,29,32). The van der Waals surface area contributed by atoms with Gasteiger partial charge < -0.3 is 20.3 Å². The molecule has 2 aromatic carbocycles. The number of rotatable bonds is 5. The van der Waals surface area contributed by atoms with Crippen molar-refractivity contribution in [3.05, 3.63) is 59.7 Å². The topological polar surface area (TPSA) is 66.5 Å². The van der Waals surface area contributed by atoms with Crippen LogP contribution in [0.4, 0.5) is 24.7 Å². The predicted molar refractivity (Wildman–Crippen MR) is 122 cm³/mol. The molecule has 1 amide bonds.